The molecule has 0 radical (unpaired) electrons. The van der Waals surface area contributed by atoms with Gasteiger partial charge in [-0.1, -0.05) is 0 Å². The van der Waals surface area contributed by atoms with Crippen molar-refractivity contribution in [1.82, 2.24) is 9.88 Å². The first-order valence-electron chi connectivity index (χ1n) is 7.20. The molecule has 110 valence electrons. The maximum absolute atomic E-state index is 11.2. The Hall–Kier alpha value is -1.14. The maximum atomic E-state index is 11.2. The number of rotatable bonds is 3. The van der Waals surface area contributed by atoms with Crippen LogP contribution < -0.4 is 4.90 Å². The summed E-state index contributed by atoms with van der Waals surface area (Å²) >= 11 is 1.70. The Kier molecular flexibility index (Phi) is 3.69. The van der Waals surface area contributed by atoms with Crippen molar-refractivity contribution in [3.8, 4) is 0 Å². The highest BCUT2D eigenvalue weighted by atomic mass is 32.1. The predicted molar refractivity (Wildman–Crippen MR) is 79.7 cm³/mol. The smallest absolute Gasteiger partial charge is 0.312 e. The van der Waals surface area contributed by atoms with Gasteiger partial charge in [-0.3, -0.25) is 4.79 Å². The predicted octanol–water partition coefficient (Wildman–Crippen LogP) is 1.79. The Labute approximate surface area is 123 Å². The zero-order chi connectivity index (χ0) is 14.3. The van der Waals surface area contributed by atoms with E-state index in [4.69, 9.17) is 0 Å². The van der Waals surface area contributed by atoms with Crippen molar-refractivity contribution < 1.29 is 9.90 Å². The van der Waals surface area contributed by atoms with Gasteiger partial charge in [0.1, 0.15) is 5.92 Å². The summed E-state index contributed by atoms with van der Waals surface area (Å²) in [5.41, 5.74) is 0.826. The number of carbonyl (C=O) groups is 1. The second-order valence-corrected chi connectivity index (χ2v) is 6.98. The van der Waals surface area contributed by atoms with E-state index in [9.17, 15) is 9.90 Å². The van der Waals surface area contributed by atoms with Gasteiger partial charge >= 0.3 is 5.97 Å². The first-order valence-corrected chi connectivity index (χ1v) is 8.01. The van der Waals surface area contributed by atoms with Crippen molar-refractivity contribution in [2.45, 2.75) is 37.6 Å². The number of aromatic nitrogens is 1. The Morgan fingerprint density at radius 1 is 1.35 bits per heavy atom. The van der Waals surface area contributed by atoms with Crippen LogP contribution in [0.4, 0.5) is 5.13 Å². The summed E-state index contributed by atoms with van der Waals surface area (Å²) in [4.78, 5) is 21.6. The van der Waals surface area contributed by atoms with E-state index < -0.39 is 5.97 Å². The molecular formula is C14H21N3O2S. The Morgan fingerprint density at radius 3 is 2.65 bits per heavy atom. The van der Waals surface area contributed by atoms with E-state index >= 15 is 0 Å². The fourth-order valence-electron chi connectivity index (χ4n) is 3.16. The molecule has 2 aliphatic rings. The molecule has 1 aliphatic heterocycles. The Balaban J connectivity index is 1.71. The SMILES string of the molecule is CN(C)C1CCN(c2nc3c(s2)CCC3C(=O)O)CC1. The van der Waals surface area contributed by atoms with Crippen LogP contribution >= 0.6 is 11.3 Å². The van der Waals surface area contributed by atoms with Crippen molar-refractivity contribution in [2.75, 3.05) is 32.1 Å². The first-order chi connectivity index (χ1) is 9.56. The van der Waals surface area contributed by atoms with Gasteiger partial charge in [-0.05, 0) is 39.8 Å². The minimum atomic E-state index is -0.730. The number of carboxylic acids is 1. The van der Waals surface area contributed by atoms with E-state index in [1.54, 1.807) is 11.3 Å². The van der Waals surface area contributed by atoms with Crippen LogP contribution in [0.1, 0.15) is 35.8 Å². The maximum Gasteiger partial charge on any atom is 0.312 e. The van der Waals surface area contributed by atoms with Crippen LogP contribution in [0, 0.1) is 0 Å². The second kappa shape index (κ2) is 5.33. The summed E-state index contributed by atoms with van der Waals surface area (Å²) in [5.74, 6) is -1.11. The molecule has 1 unspecified atom stereocenters. The third-order valence-electron chi connectivity index (χ3n) is 4.47. The van der Waals surface area contributed by atoms with Crippen LogP contribution in [-0.4, -0.2) is 54.2 Å². The molecule has 0 aromatic carbocycles. The number of hydrogen-bond acceptors (Lipinski definition) is 5. The number of hydrogen-bond donors (Lipinski definition) is 1. The van der Waals surface area contributed by atoms with E-state index in [1.807, 2.05) is 0 Å². The standard InChI is InChI=1S/C14H21N3O2S/c1-16(2)9-5-7-17(8-6-9)14-15-12-10(13(18)19)3-4-11(12)20-14/h9-10H,3-8H2,1-2H3,(H,18,19). The van der Waals surface area contributed by atoms with Crippen molar-refractivity contribution in [2.24, 2.45) is 0 Å². The number of aliphatic carboxylic acids is 1. The lowest BCUT2D eigenvalue weighted by molar-refractivity contribution is -0.138. The van der Waals surface area contributed by atoms with E-state index in [2.05, 4.69) is 28.9 Å². The monoisotopic (exact) mass is 295 g/mol. The number of aryl methyl sites for hydroxylation is 1. The largest absolute Gasteiger partial charge is 0.481 e. The number of fused-ring (bicyclic) bond motifs is 1. The number of piperidine rings is 1. The molecule has 1 aromatic heterocycles. The summed E-state index contributed by atoms with van der Waals surface area (Å²) in [6.45, 7) is 2.04. The lowest BCUT2D eigenvalue weighted by Gasteiger charge is -2.35. The summed E-state index contributed by atoms with van der Waals surface area (Å²) in [5, 5.41) is 10.2. The van der Waals surface area contributed by atoms with Gasteiger partial charge in [-0.15, -0.1) is 11.3 Å². The van der Waals surface area contributed by atoms with Crippen molar-refractivity contribution >= 4 is 22.4 Å². The molecule has 1 atom stereocenters. The number of anilines is 1. The van der Waals surface area contributed by atoms with E-state index in [-0.39, 0.29) is 5.92 Å². The zero-order valence-electron chi connectivity index (χ0n) is 12.0. The van der Waals surface area contributed by atoms with Crippen LogP contribution in [0.15, 0.2) is 0 Å². The van der Waals surface area contributed by atoms with E-state index in [1.165, 1.54) is 4.88 Å². The fourth-order valence-corrected chi connectivity index (χ4v) is 4.35. The van der Waals surface area contributed by atoms with E-state index in [0.717, 1.165) is 43.2 Å². The molecule has 0 saturated carbocycles. The molecule has 1 fully saturated rings. The van der Waals surface area contributed by atoms with Crippen LogP contribution in [-0.2, 0) is 11.2 Å². The van der Waals surface area contributed by atoms with Gasteiger partial charge in [-0.25, -0.2) is 4.98 Å². The normalized spacial score (nSPS) is 23.4. The lowest BCUT2D eigenvalue weighted by atomic mass is 10.0. The van der Waals surface area contributed by atoms with Gasteiger partial charge in [0.2, 0.25) is 0 Å². The topological polar surface area (TPSA) is 56.7 Å². The van der Waals surface area contributed by atoms with Gasteiger partial charge < -0.3 is 14.9 Å². The molecule has 1 aliphatic carbocycles. The summed E-state index contributed by atoms with van der Waals surface area (Å²) in [7, 11) is 4.27. The molecule has 20 heavy (non-hydrogen) atoms. The van der Waals surface area contributed by atoms with Gasteiger partial charge in [0, 0.05) is 24.0 Å². The van der Waals surface area contributed by atoms with Gasteiger partial charge in [0.15, 0.2) is 5.13 Å². The minimum absolute atomic E-state index is 0.380. The summed E-state index contributed by atoms with van der Waals surface area (Å²) in [6, 6.07) is 0.657. The molecule has 0 spiro atoms. The van der Waals surface area contributed by atoms with Gasteiger partial charge in [0.25, 0.3) is 0 Å². The van der Waals surface area contributed by atoms with Crippen molar-refractivity contribution in [1.29, 1.82) is 0 Å². The molecule has 1 N–H and O–H groups in total. The van der Waals surface area contributed by atoms with Crippen molar-refractivity contribution in [3.63, 3.8) is 0 Å². The minimum Gasteiger partial charge on any atom is -0.481 e. The Morgan fingerprint density at radius 2 is 2.05 bits per heavy atom. The molecule has 5 nitrogen and oxygen atoms in total. The summed E-state index contributed by atoms with van der Waals surface area (Å²) in [6.07, 6.45) is 3.89. The van der Waals surface area contributed by atoms with Crippen molar-refractivity contribution in [3.05, 3.63) is 10.6 Å². The third-order valence-corrected chi connectivity index (χ3v) is 5.66. The van der Waals surface area contributed by atoms with Gasteiger partial charge in [0.05, 0.1) is 5.69 Å². The number of carboxylic acid groups (broad SMARTS) is 1. The highest BCUT2D eigenvalue weighted by Crippen LogP contribution is 2.40. The molecule has 6 heteroatoms. The average molecular weight is 295 g/mol. The molecule has 0 amide bonds. The molecular weight excluding hydrogens is 274 g/mol. The first kappa shape index (κ1) is 13.8. The van der Waals surface area contributed by atoms with Crippen LogP contribution in [0.25, 0.3) is 0 Å². The quantitative estimate of drug-likeness (QED) is 0.921. The second-order valence-electron chi connectivity index (χ2n) is 5.92. The zero-order valence-corrected chi connectivity index (χ0v) is 12.8. The average Bonchev–Trinajstić information content (AvgIpc) is 2.97. The molecule has 1 aromatic rings. The highest BCUT2D eigenvalue weighted by molar-refractivity contribution is 7.15. The van der Waals surface area contributed by atoms with Gasteiger partial charge in [-0.2, -0.15) is 0 Å². The molecule has 3 rings (SSSR count). The van der Waals surface area contributed by atoms with Crippen LogP contribution in [0.2, 0.25) is 0 Å². The van der Waals surface area contributed by atoms with Crippen LogP contribution in [0.5, 0.6) is 0 Å². The third kappa shape index (κ3) is 2.42. The number of thiazole rings is 1. The van der Waals surface area contributed by atoms with Crippen LogP contribution in [0.3, 0.4) is 0 Å². The fraction of sp³-hybridized carbons (Fsp3) is 0.714. The lowest BCUT2D eigenvalue weighted by Crippen LogP contribution is -2.42. The van der Waals surface area contributed by atoms with E-state index in [0.29, 0.717) is 12.5 Å². The molecule has 0 bridgehead atoms. The Bertz CT molecular complexity index is 507. The number of nitrogens with zero attached hydrogens (tertiary/aromatic N) is 3. The summed E-state index contributed by atoms with van der Waals surface area (Å²) < 4.78 is 0. The highest BCUT2D eigenvalue weighted by Gasteiger charge is 2.33. The molecule has 2 heterocycles. The molecule has 1 saturated heterocycles.